The van der Waals surface area contributed by atoms with Gasteiger partial charge in [0.15, 0.2) is 0 Å². The molecule has 2 aromatic heterocycles. The molecule has 0 atom stereocenters. The van der Waals surface area contributed by atoms with Gasteiger partial charge in [0, 0.05) is 9.40 Å². The van der Waals surface area contributed by atoms with E-state index in [9.17, 15) is 4.79 Å². The highest BCUT2D eigenvalue weighted by Gasteiger charge is 2.30. The predicted octanol–water partition coefficient (Wildman–Crippen LogP) is 0.408. The summed E-state index contributed by atoms with van der Waals surface area (Å²) in [5, 5.41) is 31.8. The fourth-order valence-corrected chi connectivity index (χ4v) is 3.45. The third-order valence-corrected chi connectivity index (χ3v) is 4.74. The quantitative estimate of drug-likeness (QED) is 0.641. The molecule has 18 heavy (non-hydrogen) atoms. The molecular weight excluding hydrogens is 274 g/mol. The average Bonchev–Trinajstić information content (AvgIpc) is 2.96. The Morgan fingerprint density at radius 3 is 2.44 bits per heavy atom. The summed E-state index contributed by atoms with van der Waals surface area (Å²) in [5.41, 5.74) is -1.38. The minimum absolute atomic E-state index is 0.402. The Kier molecular flexibility index (Phi) is 3.98. The Bertz CT molecular complexity index is 507. The van der Waals surface area contributed by atoms with Crippen LogP contribution in [0.3, 0.4) is 0 Å². The molecule has 7 heteroatoms. The van der Waals surface area contributed by atoms with Gasteiger partial charge in [-0.3, -0.25) is 4.79 Å². The van der Waals surface area contributed by atoms with Crippen molar-refractivity contribution in [3.8, 4) is 0 Å². The summed E-state index contributed by atoms with van der Waals surface area (Å²) in [6, 6.07) is 3.69. The molecule has 0 aromatic carbocycles. The monoisotopic (exact) mass is 287 g/mol. The molecule has 2 heterocycles. The molecule has 0 saturated carbocycles. The molecule has 98 valence electrons. The summed E-state index contributed by atoms with van der Waals surface area (Å²) >= 11 is 2.88. The number of amides is 1. The van der Waals surface area contributed by atoms with Crippen molar-refractivity contribution < 1.29 is 20.1 Å². The Morgan fingerprint density at radius 2 is 1.89 bits per heavy atom. The van der Waals surface area contributed by atoms with Crippen LogP contribution in [0.1, 0.15) is 9.67 Å². The fraction of sp³-hybridized carbons (Fsp3) is 0.364. The van der Waals surface area contributed by atoms with Gasteiger partial charge in [-0.05, 0) is 17.5 Å². The first-order chi connectivity index (χ1) is 8.64. The van der Waals surface area contributed by atoms with Crippen LogP contribution in [-0.4, -0.2) is 46.6 Å². The van der Waals surface area contributed by atoms with Gasteiger partial charge in [-0.25, -0.2) is 0 Å². The third-order valence-electron chi connectivity index (χ3n) is 2.65. The summed E-state index contributed by atoms with van der Waals surface area (Å²) in [7, 11) is 0. The van der Waals surface area contributed by atoms with Gasteiger partial charge in [-0.2, -0.15) is 0 Å². The van der Waals surface area contributed by atoms with Crippen LogP contribution in [0.25, 0.3) is 9.40 Å². The summed E-state index contributed by atoms with van der Waals surface area (Å²) in [6.07, 6.45) is 0. The highest BCUT2D eigenvalue weighted by molar-refractivity contribution is 7.27. The molecule has 0 saturated heterocycles. The largest absolute Gasteiger partial charge is 0.394 e. The van der Waals surface area contributed by atoms with Gasteiger partial charge >= 0.3 is 0 Å². The van der Waals surface area contributed by atoms with E-state index in [1.807, 2.05) is 11.4 Å². The van der Waals surface area contributed by atoms with Gasteiger partial charge in [0.1, 0.15) is 5.54 Å². The number of fused-ring (bicyclic) bond motifs is 1. The lowest BCUT2D eigenvalue weighted by Crippen LogP contribution is -2.56. The summed E-state index contributed by atoms with van der Waals surface area (Å²) in [4.78, 5) is 12.5. The Hall–Kier alpha value is -0.990. The molecule has 0 unspecified atom stereocenters. The molecule has 0 aliphatic rings. The van der Waals surface area contributed by atoms with Crippen molar-refractivity contribution in [2.45, 2.75) is 5.54 Å². The van der Waals surface area contributed by atoms with Crippen molar-refractivity contribution >= 4 is 38.0 Å². The van der Waals surface area contributed by atoms with E-state index < -0.39 is 31.3 Å². The third kappa shape index (κ3) is 2.40. The van der Waals surface area contributed by atoms with Crippen molar-refractivity contribution in [1.29, 1.82) is 0 Å². The molecular formula is C11H13NO4S2. The average molecular weight is 287 g/mol. The highest BCUT2D eigenvalue weighted by Crippen LogP contribution is 2.30. The normalized spacial score (nSPS) is 11.9. The van der Waals surface area contributed by atoms with Crippen LogP contribution in [-0.2, 0) is 0 Å². The topological polar surface area (TPSA) is 89.8 Å². The van der Waals surface area contributed by atoms with E-state index in [0.29, 0.717) is 4.88 Å². The molecule has 0 aliphatic heterocycles. The molecule has 0 aliphatic carbocycles. The smallest absolute Gasteiger partial charge is 0.262 e. The van der Waals surface area contributed by atoms with Crippen LogP contribution in [0.4, 0.5) is 0 Å². The minimum atomic E-state index is -1.38. The van der Waals surface area contributed by atoms with E-state index in [2.05, 4.69) is 5.32 Å². The van der Waals surface area contributed by atoms with Gasteiger partial charge in [-0.1, -0.05) is 0 Å². The summed E-state index contributed by atoms with van der Waals surface area (Å²) in [6.45, 7) is -1.57. The van der Waals surface area contributed by atoms with E-state index in [1.165, 1.54) is 11.3 Å². The number of carbonyl (C=O) groups excluding carboxylic acids is 1. The molecule has 1 amide bonds. The lowest BCUT2D eigenvalue weighted by molar-refractivity contribution is 0.0377. The number of nitrogens with one attached hydrogen (secondary N) is 1. The number of aliphatic hydroxyl groups is 3. The number of aliphatic hydroxyl groups excluding tert-OH is 3. The zero-order valence-corrected chi connectivity index (χ0v) is 11.1. The maximum atomic E-state index is 12.0. The second-order valence-electron chi connectivity index (χ2n) is 3.97. The number of carbonyl (C=O) groups is 1. The van der Waals surface area contributed by atoms with Crippen LogP contribution in [0.2, 0.25) is 0 Å². The van der Waals surface area contributed by atoms with Gasteiger partial charge in [0.2, 0.25) is 0 Å². The molecule has 5 nitrogen and oxygen atoms in total. The Morgan fingerprint density at radius 1 is 1.22 bits per heavy atom. The maximum absolute atomic E-state index is 12.0. The van der Waals surface area contributed by atoms with Crippen LogP contribution >= 0.6 is 22.7 Å². The molecule has 0 spiro atoms. The lowest BCUT2D eigenvalue weighted by atomic mass is 10.0. The number of thiophene rings is 2. The lowest BCUT2D eigenvalue weighted by Gasteiger charge is -2.28. The van der Waals surface area contributed by atoms with Crippen LogP contribution in [0.5, 0.6) is 0 Å². The zero-order valence-electron chi connectivity index (χ0n) is 9.42. The van der Waals surface area contributed by atoms with Crippen molar-refractivity contribution in [2.24, 2.45) is 0 Å². The van der Waals surface area contributed by atoms with Gasteiger partial charge < -0.3 is 20.6 Å². The van der Waals surface area contributed by atoms with Crippen molar-refractivity contribution in [3.05, 3.63) is 22.4 Å². The molecule has 2 rings (SSSR count). The van der Waals surface area contributed by atoms with E-state index in [1.54, 1.807) is 17.4 Å². The van der Waals surface area contributed by atoms with Crippen LogP contribution in [0, 0.1) is 0 Å². The molecule has 2 aromatic rings. The predicted molar refractivity (Wildman–Crippen MR) is 71.2 cm³/mol. The first kappa shape index (κ1) is 13.4. The first-order valence-electron chi connectivity index (χ1n) is 5.26. The summed E-state index contributed by atoms with van der Waals surface area (Å²) < 4.78 is 2.04. The second kappa shape index (κ2) is 5.33. The van der Waals surface area contributed by atoms with E-state index in [-0.39, 0.29) is 0 Å². The maximum Gasteiger partial charge on any atom is 0.262 e. The fourth-order valence-electron chi connectivity index (χ4n) is 1.45. The van der Waals surface area contributed by atoms with E-state index in [0.717, 1.165) is 9.40 Å². The first-order valence-corrected chi connectivity index (χ1v) is 6.96. The van der Waals surface area contributed by atoms with E-state index >= 15 is 0 Å². The molecule has 0 radical (unpaired) electrons. The number of hydrogen-bond acceptors (Lipinski definition) is 6. The standard InChI is InChI=1S/C11H13NO4S2/c13-4-11(5-14,6-15)12-10(16)9-3-8-7(18-9)1-2-17-8/h1-3,13-15H,4-6H2,(H,12,16). The van der Waals surface area contributed by atoms with Gasteiger partial charge in [0.25, 0.3) is 5.91 Å². The highest BCUT2D eigenvalue weighted by atomic mass is 32.1. The Balaban J connectivity index is 2.19. The molecule has 0 bridgehead atoms. The molecule has 0 fully saturated rings. The van der Waals surface area contributed by atoms with Crippen molar-refractivity contribution in [2.75, 3.05) is 19.8 Å². The van der Waals surface area contributed by atoms with Crippen molar-refractivity contribution in [1.82, 2.24) is 5.32 Å². The summed E-state index contributed by atoms with van der Waals surface area (Å²) in [5.74, 6) is -0.402. The molecule has 4 N–H and O–H groups in total. The second-order valence-corrected chi connectivity index (χ2v) is 6.00. The number of rotatable bonds is 5. The Labute approximate surface area is 111 Å². The minimum Gasteiger partial charge on any atom is -0.394 e. The van der Waals surface area contributed by atoms with Gasteiger partial charge in [0.05, 0.1) is 24.7 Å². The van der Waals surface area contributed by atoms with Crippen molar-refractivity contribution in [3.63, 3.8) is 0 Å². The number of hydrogen-bond donors (Lipinski definition) is 4. The van der Waals surface area contributed by atoms with Gasteiger partial charge in [-0.15, -0.1) is 22.7 Å². The van der Waals surface area contributed by atoms with E-state index in [4.69, 9.17) is 15.3 Å². The SMILES string of the molecule is O=C(NC(CO)(CO)CO)c1cc2sccc2s1. The van der Waals surface area contributed by atoms with Crippen LogP contribution < -0.4 is 5.32 Å². The van der Waals surface area contributed by atoms with Crippen LogP contribution in [0.15, 0.2) is 17.5 Å². The zero-order chi connectivity index (χ0) is 13.2.